The molecule has 1 fully saturated rings. The first-order valence-corrected chi connectivity index (χ1v) is 8.95. The maximum absolute atomic E-state index is 12.3. The highest BCUT2D eigenvalue weighted by Crippen LogP contribution is 2.20. The maximum Gasteiger partial charge on any atom is 0.240 e. The van der Waals surface area contributed by atoms with Gasteiger partial charge in [0.2, 0.25) is 15.9 Å². The second-order valence-corrected chi connectivity index (χ2v) is 7.47. The van der Waals surface area contributed by atoms with E-state index in [2.05, 4.69) is 15.4 Å². The first-order valence-electron chi connectivity index (χ1n) is 7.47. The van der Waals surface area contributed by atoms with E-state index in [9.17, 15) is 13.2 Å². The highest BCUT2D eigenvalue weighted by Gasteiger charge is 2.18. The molecule has 0 bridgehead atoms. The zero-order chi connectivity index (χ0) is 16.2. The van der Waals surface area contributed by atoms with Crippen molar-refractivity contribution in [2.75, 3.05) is 25.0 Å². The molecule has 7 heteroatoms. The van der Waals surface area contributed by atoms with Gasteiger partial charge in [0.15, 0.2) is 0 Å². The van der Waals surface area contributed by atoms with Gasteiger partial charge < -0.3 is 10.6 Å². The Hall–Kier alpha value is -1.44. The lowest BCUT2D eigenvalue weighted by Gasteiger charge is -2.12. The fourth-order valence-electron chi connectivity index (χ4n) is 2.53. The average molecular weight is 325 g/mol. The van der Waals surface area contributed by atoms with Crippen LogP contribution in [0.25, 0.3) is 0 Å². The summed E-state index contributed by atoms with van der Waals surface area (Å²) in [6.45, 7) is 5.61. The molecule has 22 heavy (non-hydrogen) atoms. The van der Waals surface area contributed by atoms with Crippen molar-refractivity contribution in [2.24, 2.45) is 5.92 Å². The Morgan fingerprint density at radius 3 is 2.82 bits per heavy atom. The second kappa shape index (κ2) is 7.21. The van der Waals surface area contributed by atoms with Crippen LogP contribution in [0.15, 0.2) is 23.1 Å². The molecule has 1 amide bonds. The van der Waals surface area contributed by atoms with E-state index in [4.69, 9.17) is 0 Å². The fraction of sp³-hybridized carbons (Fsp3) is 0.533. The monoisotopic (exact) mass is 325 g/mol. The topological polar surface area (TPSA) is 87.3 Å². The number of sulfonamides is 1. The molecule has 122 valence electrons. The standard InChI is InChI=1S/C15H23N3O3S/c1-11-3-4-14(9-15(11)18-12(2)19)22(20,21)17-8-6-13-5-7-16-10-13/h3-4,9,13,16-17H,5-8,10H2,1-2H3,(H,18,19). The summed E-state index contributed by atoms with van der Waals surface area (Å²) in [6.07, 6.45) is 1.93. The lowest BCUT2D eigenvalue weighted by molar-refractivity contribution is -0.114. The van der Waals surface area contributed by atoms with Crippen molar-refractivity contribution in [2.45, 2.75) is 31.6 Å². The Morgan fingerprint density at radius 1 is 1.41 bits per heavy atom. The molecule has 3 N–H and O–H groups in total. The Morgan fingerprint density at radius 2 is 2.18 bits per heavy atom. The van der Waals surface area contributed by atoms with Crippen LogP contribution in [0.1, 0.15) is 25.3 Å². The largest absolute Gasteiger partial charge is 0.326 e. The van der Waals surface area contributed by atoms with Gasteiger partial charge in [-0.2, -0.15) is 0 Å². The number of amides is 1. The fourth-order valence-corrected chi connectivity index (χ4v) is 3.61. The van der Waals surface area contributed by atoms with Gasteiger partial charge in [0, 0.05) is 19.2 Å². The molecule has 0 saturated carbocycles. The number of hydrogen-bond acceptors (Lipinski definition) is 4. The molecule has 1 unspecified atom stereocenters. The highest BCUT2D eigenvalue weighted by atomic mass is 32.2. The van der Waals surface area contributed by atoms with Crippen molar-refractivity contribution in [3.63, 3.8) is 0 Å². The van der Waals surface area contributed by atoms with Gasteiger partial charge in [0.1, 0.15) is 0 Å². The number of carbonyl (C=O) groups is 1. The van der Waals surface area contributed by atoms with Gasteiger partial charge >= 0.3 is 0 Å². The van der Waals surface area contributed by atoms with Crippen LogP contribution < -0.4 is 15.4 Å². The number of aryl methyl sites for hydroxylation is 1. The molecule has 1 saturated heterocycles. The third-order valence-corrected chi connectivity index (χ3v) is 5.30. The molecule has 0 aromatic heterocycles. The Kier molecular flexibility index (Phi) is 5.55. The average Bonchev–Trinajstić information content (AvgIpc) is 2.93. The molecule has 1 aromatic carbocycles. The van der Waals surface area contributed by atoms with E-state index in [1.165, 1.54) is 13.0 Å². The zero-order valence-electron chi connectivity index (χ0n) is 13.0. The van der Waals surface area contributed by atoms with Crippen LogP contribution in [0.3, 0.4) is 0 Å². The summed E-state index contributed by atoms with van der Waals surface area (Å²) in [7, 11) is -3.55. The molecule has 2 rings (SSSR count). The van der Waals surface area contributed by atoms with E-state index < -0.39 is 10.0 Å². The normalized spacial score (nSPS) is 18.4. The van der Waals surface area contributed by atoms with Crippen molar-refractivity contribution < 1.29 is 13.2 Å². The van der Waals surface area contributed by atoms with Crippen LogP contribution in [-0.4, -0.2) is 34.0 Å². The summed E-state index contributed by atoms with van der Waals surface area (Å²) in [6, 6.07) is 4.75. The molecule has 0 radical (unpaired) electrons. The molecule has 1 atom stereocenters. The SMILES string of the molecule is CC(=O)Nc1cc(S(=O)(=O)NCCC2CCNC2)ccc1C. The molecule has 0 aliphatic carbocycles. The number of nitrogens with one attached hydrogen (secondary N) is 3. The minimum atomic E-state index is -3.55. The third kappa shape index (κ3) is 4.53. The van der Waals surface area contributed by atoms with Crippen LogP contribution in [-0.2, 0) is 14.8 Å². The predicted molar refractivity (Wildman–Crippen MR) is 86.3 cm³/mol. The second-order valence-electron chi connectivity index (χ2n) is 5.70. The van der Waals surface area contributed by atoms with E-state index in [0.29, 0.717) is 18.2 Å². The number of benzene rings is 1. The van der Waals surface area contributed by atoms with E-state index in [1.54, 1.807) is 12.1 Å². The molecule has 0 spiro atoms. The lowest BCUT2D eigenvalue weighted by Crippen LogP contribution is -2.26. The van der Waals surface area contributed by atoms with Gasteiger partial charge in [0.05, 0.1) is 4.90 Å². The smallest absolute Gasteiger partial charge is 0.240 e. The van der Waals surface area contributed by atoms with Crippen LogP contribution >= 0.6 is 0 Å². The summed E-state index contributed by atoms with van der Waals surface area (Å²) in [5, 5.41) is 5.91. The maximum atomic E-state index is 12.3. The number of anilines is 1. The quantitative estimate of drug-likeness (QED) is 0.734. The van der Waals surface area contributed by atoms with Gasteiger partial charge in [-0.25, -0.2) is 13.1 Å². The first kappa shape index (κ1) is 16.9. The van der Waals surface area contributed by atoms with Crippen LogP contribution in [0.2, 0.25) is 0 Å². The van der Waals surface area contributed by atoms with Gasteiger partial charge in [-0.15, -0.1) is 0 Å². The molecular weight excluding hydrogens is 302 g/mol. The van der Waals surface area contributed by atoms with Crippen molar-refractivity contribution >= 4 is 21.6 Å². The van der Waals surface area contributed by atoms with E-state index >= 15 is 0 Å². The predicted octanol–water partition coefficient (Wildman–Crippen LogP) is 1.23. The number of carbonyl (C=O) groups excluding carboxylic acids is 1. The third-order valence-electron chi connectivity index (χ3n) is 3.84. The molecule has 1 aliphatic heterocycles. The number of hydrogen-bond donors (Lipinski definition) is 3. The van der Waals surface area contributed by atoms with E-state index in [-0.39, 0.29) is 10.8 Å². The minimum Gasteiger partial charge on any atom is -0.326 e. The lowest BCUT2D eigenvalue weighted by atomic mass is 10.1. The molecule has 1 heterocycles. The summed E-state index contributed by atoms with van der Waals surface area (Å²) in [4.78, 5) is 11.3. The van der Waals surface area contributed by atoms with Crippen LogP contribution in [0.5, 0.6) is 0 Å². The molecule has 1 aromatic rings. The first-order chi connectivity index (χ1) is 10.4. The van der Waals surface area contributed by atoms with Gasteiger partial charge in [-0.3, -0.25) is 4.79 Å². The van der Waals surface area contributed by atoms with Crippen molar-refractivity contribution in [3.05, 3.63) is 23.8 Å². The van der Waals surface area contributed by atoms with Gasteiger partial charge in [-0.1, -0.05) is 6.07 Å². The Bertz CT molecular complexity index is 637. The summed E-state index contributed by atoms with van der Waals surface area (Å²) in [5.74, 6) is 0.315. The zero-order valence-corrected chi connectivity index (χ0v) is 13.8. The highest BCUT2D eigenvalue weighted by molar-refractivity contribution is 7.89. The summed E-state index contributed by atoms with van der Waals surface area (Å²) >= 11 is 0. The molecule has 1 aliphatic rings. The van der Waals surface area contributed by atoms with E-state index in [1.807, 2.05) is 6.92 Å². The van der Waals surface area contributed by atoms with Crippen LogP contribution in [0, 0.1) is 12.8 Å². The van der Waals surface area contributed by atoms with Gasteiger partial charge in [0.25, 0.3) is 0 Å². The minimum absolute atomic E-state index is 0.173. The Balaban J connectivity index is 2.03. The Labute approximate surface area is 131 Å². The van der Waals surface area contributed by atoms with Crippen LogP contribution in [0.4, 0.5) is 5.69 Å². The summed E-state index contributed by atoms with van der Waals surface area (Å²) < 4.78 is 27.3. The van der Waals surface area contributed by atoms with Crippen molar-refractivity contribution in [3.8, 4) is 0 Å². The summed E-state index contributed by atoms with van der Waals surface area (Å²) in [5.41, 5.74) is 1.35. The number of rotatable bonds is 6. The van der Waals surface area contributed by atoms with Crippen molar-refractivity contribution in [1.29, 1.82) is 0 Å². The van der Waals surface area contributed by atoms with Crippen molar-refractivity contribution in [1.82, 2.24) is 10.0 Å². The van der Waals surface area contributed by atoms with E-state index in [0.717, 1.165) is 31.5 Å². The molecule has 6 nitrogen and oxygen atoms in total. The molecular formula is C15H23N3O3S. The van der Waals surface area contributed by atoms with Gasteiger partial charge in [-0.05, 0) is 56.5 Å².